The molecule has 0 aliphatic heterocycles. The minimum atomic E-state index is -0.721. The number of oxazole rings is 1. The molecule has 160 valence electrons. The molecule has 1 N–H and O–H groups in total. The van der Waals surface area contributed by atoms with E-state index >= 15 is 0 Å². The van der Waals surface area contributed by atoms with Crippen molar-refractivity contribution >= 4 is 17.1 Å². The van der Waals surface area contributed by atoms with Crippen LogP contribution in [0, 0.1) is 5.82 Å². The number of rotatable bonds is 7. The highest BCUT2D eigenvalue weighted by atomic mass is 19.1. The lowest BCUT2D eigenvalue weighted by Gasteiger charge is -2.09. The average Bonchev–Trinajstić information content (AvgIpc) is 3.12. The molecule has 1 aliphatic carbocycles. The van der Waals surface area contributed by atoms with Gasteiger partial charge >= 0.3 is 11.8 Å². The number of hydrogen-bond donors (Lipinski definition) is 1. The summed E-state index contributed by atoms with van der Waals surface area (Å²) in [5, 5.41) is 2.81. The lowest BCUT2D eigenvalue weighted by atomic mass is 9.99. The van der Waals surface area contributed by atoms with E-state index in [0.29, 0.717) is 17.6 Å². The predicted octanol–water partition coefficient (Wildman–Crippen LogP) is 5.80. The molecule has 1 heterocycles. The minimum Gasteiger partial charge on any atom is -0.407 e. The molecule has 2 aromatic carbocycles. The number of unbranched alkanes of at least 4 members (excludes halogenated alkanes) is 2. The number of fused-ring (bicyclic) bond motifs is 1. The highest BCUT2D eigenvalue weighted by molar-refractivity contribution is 5.90. The van der Waals surface area contributed by atoms with Crippen LogP contribution < -0.4 is 11.1 Å². The average molecular weight is 420 g/mol. The number of aromatic nitrogens is 1. The van der Waals surface area contributed by atoms with Gasteiger partial charge in [-0.1, -0.05) is 48.4 Å². The molecule has 3 aromatic rings. The van der Waals surface area contributed by atoms with Crippen LogP contribution in [0.5, 0.6) is 0 Å². The second-order valence-corrected chi connectivity index (χ2v) is 7.73. The number of allylic oxidation sites excluding steroid dienone is 4. The Balaban J connectivity index is 1.35. The van der Waals surface area contributed by atoms with Gasteiger partial charge in [0.25, 0.3) is 0 Å². The van der Waals surface area contributed by atoms with E-state index < -0.39 is 11.8 Å². The number of benzene rings is 2. The lowest BCUT2D eigenvalue weighted by Crippen LogP contribution is -2.34. The first-order chi connectivity index (χ1) is 15.1. The Morgan fingerprint density at radius 3 is 2.65 bits per heavy atom. The Kier molecular flexibility index (Phi) is 6.46. The Bertz CT molecular complexity index is 1190. The molecule has 0 spiro atoms. The normalized spacial score (nSPS) is 13.4. The molecular weight excluding hydrogens is 395 g/mol. The predicted molar refractivity (Wildman–Crippen MR) is 120 cm³/mol. The fourth-order valence-electron chi connectivity index (χ4n) is 3.82. The van der Waals surface area contributed by atoms with E-state index in [0.717, 1.165) is 54.2 Å². The molecule has 0 fully saturated rings. The molecule has 1 aliphatic rings. The summed E-state index contributed by atoms with van der Waals surface area (Å²) >= 11 is 0. The van der Waals surface area contributed by atoms with Gasteiger partial charge < -0.3 is 9.73 Å². The van der Waals surface area contributed by atoms with Gasteiger partial charge in [-0.2, -0.15) is 4.57 Å². The summed E-state index contributed by atoms with van der Waals surface area (Å²) in [6, 6.07) is 10.7. The zero-order valence-electron chi connectivity index (χ0n) is 17.3. The van der Waals surface area contributed by atoms with Crippen molar-refractivity contribution in [3.05, 3.63) is 82.6 Å². The van der Waals surface area contributed by atoms with Crippen molar-refractivity contribution in [1.29, 1.82) is 0 Å². The molecule has 6 heteroatoms. The molecule has 0 atom stereocenters. The van der Waals surface area contributed by atoms with Crippen LogP contribution in [0.2, 0.25) is 0 Å². The van der Waals surface area contributed by atoms with Crippen LogP contribution in [0.15, 0.2) is 75.5 Å². The molecule has 31 heavy (non-hydrogen) atoms. The lowest BCUT2D eigenvalue weighted by molar-refractivity contribution is 0.241. The topological polar surface area (TPSA) is 64.2 Å². The van der Waals surface area contributed by atoms with Gasteiger partial charge in [-0.15, -0.1) is 0 Å². The summed E-state index contributed by atoms with van der Waals surface area (Å²) in [6.45, 7) is 0.505. The van der Waals surface area contributed by atoms with Gasteiger partial charge in [-0.25, -0.2) is 14.0 Å². The third kappa shape index (κ3) is 5.02. The van der Waals surface area contributed by atoms with Gasteiger partial charge in [0.15, 0.2) is 5.58 Å². The summed E-state index contributed by atoms with van der Waals surface area (Å²) in [6.07, 6.45) is 12.8. The molecule has 0 bridgehead atoms. The Labute approximate surface area is 179 Å². The summed E-state index contributed by atoms with van der Waals surface area (Å²) < 4.78 is 19.4. The quantitative estimate of drug-likeness (QED) is 0.492. The number of carbonyl (C=O) groups is 1. The van der Waals surface area contributed by atoms with Gasteiger partial charge in [0.05, 0.1) is 5.52 Å². The highest BCUT2D eigenvalue weighted by Crippen LogP contribution is 2.24. The summed E-state index contributed by atoms with van der Waals surface area (Å²) in [5.41, 5.74) is 3.78. The molecule has 1 aromatic heterocycles. The van der Waals surface area contributed by atoms with Crippen LogP contribution >= 0.6 is 0 Å². The number of nitrogens with one attached hydrogen (secondary N) is 1. The van der Waals surface area contributed by atoms with Crippen molar-refractivity contribution in [2.75, 3.05) is 6.54 Å². The standard InChI is InChI=1S/C25H25FN2O3/c26-21-13-10-19(11-14-21)20-12-15-22-23(17-20)31-25(30)28(22)24(29)27-16-6-2-5-9-18-7-3-1-4-8-18/h1,3,7,10-15,17H,2,4-6,8-9,16H2,(H,27,29). The van der Waals surface area contributed by atoms with Gasteiger partial charge in [0, 0.05) is 6.54 Å². The van der Waals surface area contributed by atoms with Crippen LogP contribution in [-0.2, 0) is 0 Å². The summed E-state index contributed by atoms with van der Waals surface area (Å²) in [5.74, 6) is -1.04. The van der Waals surface area contributed by atoms with Crippen molar-refractivity contribution in [3.63, 3.8) is 0 Å². The van der Waals surface area contributed by atoms with Crippen LogP contribution in [-0.4, -0.2) is 17.1 Å². The fourth-order valence-corrected chi connectivity index (χ4v) is 3.82. The van der Waals surface area contributed by atoms with Gasteiger partial charge in [0.2, 0.25) is 0 Å². The first-order valence-corrected chi connectivity index (χ1v) is 10.7. The number of carbonyl (C=O) groups excluding carboxylic acids is 1. The third-order valence-electron chi connectivity index (χ3n) is 5.51. The van der Waals surface area contributed by atoms with E-state index in [1.54, 1.807) is 30.3 Å². The molecular formula is C25H25FN2O3. The van der Waals surface area contributed by atoms with Crippen LogP contribution in [0.1, 0.15) is 38.5 Å². The zero-order chi connectivity index (χ0) is 21.6. The number of halogens is 1. The Hall–Kier alpha value is -3.41. The molecule has 0 radical (unpaired) electrons. The first kappa shape index (κ1) is 20.8. The number of hydrogen-bond acceptors (Lipinski definition) is 3. The second kappa shape index (κ2) is 9.60. The van der Waals surface area contributed by atoms with E-state index in [1.807, 2.05) is 0 Å². The second-order valence-electron chi connectivity index (χ2n) is 7.73. The van der Waals surface area contributed by atoms with Crippen molar-refractivity contribution in [2.45, 2.75) is 38.5 Å². The van der Waals surface area contributed by atoms with Crippen molar-refractivity contribution < 1.29 is 13.6 Å². The molecule has 0 unspecified atom stereocenters. The van der Waals surface area contributed by atoms with Crippen LogP contribution in [0.25, 0.3) is 22.2 Å². The van der Waals surface area contributed by atoms with E-state index in [9.17, 15) is 14.0 Å². The minimum absolute atomic E-state index is 0.316. The fraction of sp³-hybridized carbons (Fsp3) is 0.280. The zero-order valence-corrected chi connectivity index (χ0v) is 17.3. The van der Waals surface area contributed by atoms with E-state index in [4.69, 9.17) is 4.42 Å². The van der Waals surface area contributed by atoms with Crippen LogP contribution in [0.3, 0.4) is 0 Å². The van der Waals surface area contributed by atoms with E-state index in [-0.39, 0.29) is 5.82 Å². The van der Waals surface area contributed by atoms with Crippen LogP contribution in [0.4, 0.5) is 9.18 Å². The van der Waals surface area contributed by atoms with Gasteiger partial charge in [-0.05, 0) is 67.5 Å². The molecule has 4 rings (SSSR count). The summed E-state index contributed by atoms with van der Waals surface area (Å²) in [7, 11) is 0. The Morgan fingerprint density at radius 1 is 1.06 bits per heavy atom. The molecule has 0 saturated heterocycles. The van der Waals surface area contributed by atoms with Gasteiger partial charge in [-0.3, -0.25) is 0 Å². The monoisotopic (exact) mass is 420 g/mol. The highest BCUT2D eigenvalue weighted by Gasteiger charge is 2.16. The maximum atomic E-state index is 13.1. The Morgan fingerprint density at radius 2 is 1.87 bits per heavy atom. The van der Waals surface area contributed by atoms with Crippen molar-refractivity contribution in [3.8, 4) is 11.1 Å². The molecule has 1 amide bonds. The summed E-state index contributed by atoms with van der Waals surface area (Å²) in [4.78, 5) is 24.8. The van der Waals surface area contributed by atoms with E-state index in [1.165, 1.54) is 17.7 Å². The van der Waals surface area contributed by atoms with Crippen molar-refractivity contribution in [2.24, 2.45) is 0 Å². The maximum absolute atomic E-state index is 13.1. The molecule has 0 saturated carbocycles. The SMILES string of the molecule is O=C(NCCCCCC1=CC=CCC1)n1c(=O)oc2cc(-c3ccc(F)cc3)ccc21. The largest absolute Gasteiger partial charge is 0.428 e. The van der Waals surface area contributed by atoms with E-state index in [2.05, 4.69) is 23.5 Å². The third-order valence-corrected chi connectivity index (χ3v) is 5.51. The molecule has 5 nitrogen and oxygen atoms in total. The smallest absolute Gasteiger partial charge is 0.407 e. The van der Waals surface area contributed by atoms with Gasteiger partial charge in [0.1, 0.15) is 5.82 Å². The van der Waals surface area contributed by atoms with Crippen molar-refractivity contribution in [1.82, 2.24) is 9.88 Å². The number of amides is 1. The number of nitrogens with zero attached hydrogens (tertiary/aromatic N) is 1. The first-order valence-electron chi connectivity index (χ1n) is 10.7. The maximum Gasteiger partial charge on any atom is 0.428 e.